The normalized spacial score (nSPS) is 11.3. The summed E-state index contributed by atoms with van der Waals surface area (Å²) in [5.41, 5.74) is 2.43. The van der Waals surface area contributed by atoms with Gasteiger partial charge in [-0.15, -0.1) is 0 Å². The second kappa shape index (κ2) is 8.45. The first-order valence-electron chi connectivity index (χ1n) is 8.64. The van der Waals surface area contributed by atoms with Gasteiger partial charge in [0.15, 0.2) is 0 Å². The Labute approximate surface area is 159 Å². The number of hydrogen-bond donors (Lipinski definition) is 1. The highest BCUT2D eigenvalue weighted by molar-refractivity contribution is 6.31. The summed E-state index contributed by atoms with van der Waals surface area (Å²) in [7, 11) is 0. The van der Waals surface area contributed by atoms with Gasteiger partial charge in [0, 0.05) is 5.02 Å². The maximum absolute atomic E-state index is 11.3. The van der Waals surface area contributed by atoms with E-state index < -0.39 is 5.97 Å². The van der Waals surface area contributed by atoms with Crippen LogP contribution >= 0.6 is 11.6 Å². The molecule has 0 saturated heterocycles. The monoisotopic (exact) mass is 376 g/mol. The molecule has 2 aromatic rings. The van der Waals surface area contributed by atoms with E-state index in [0.29, 0.717) is 11.6 Å². The molecular weight excluding hydrogens is 352 g/mol. The predicted molar refractivity (Wildman–Crippen MR) is 104 cm³/mol. The Morgan fingerprint density at radius 3 is 2.23 bits per heavy atom. The third-order valence-corrected chi connectivity index (χ3v) is 4.27. The molecule has 0 fully saturated rings. The van der Waals surface area contributed by atoms with Crippen molar-refractivity contribution in [3.8, 4) is 11.5 Å². The van der Waals surface area contributed by atoms with Gasteiger partial charge in [0.25, 0.3) is 0 Å². The molecule has 0 spiro atoms. The third-order valence-electron chi connectivity index (χ3n) is 4.03. The van der Waals surface area contributed by atoms with Gasteiger partial charge in [-0.25, -0.2) is 4.79 Å². The summed E-state index contributed by atoms with van der Waals surface area (Å²) in [5.74, 6) is 0.0318. The molecule has 0 radical (unpaired) electrons. The number of carbonyl (C=O) groups is 1. The molecule has 0 aromatic heterocycles. The van der Waals surface area contributed by atoms with Crippen LogP contribution in [0.2, 0.25) is 5.02 Å². The molecule has 4 nitrogen and oxygen atoms in total. The lowest BCUT2D eigenvalue weighted by Gasteiger charge is -2.23. The molecule has 1 N–H and O–H groups in total. The van der Waals surface area contributed by atoms with E-state index in [2.05, 4.69) is 39.8 Å². The van der Waals surface area contributed by atoms with Gasteiger partial charge in [0.05, 0.1) is 0 Å². The summed E-state index contributed by atoms with van der Waals surface area (Å²) in [4.78, 5) is 11.3. The fraction of sp³-hybridized carbons (Fsp3) is 0.381. The number of carboxylic acids is 1. The lowest BCUT2D eigenvalue weighted by molar-refractivity contribution is 0.0691. The summed E-state index contributed by atoms with van der Waals surface area (Å²) < 4.78 is 11.5. The van der Waals surface area contributed by atoms with Crippen molar-refractivity contribution in [1.29, 1.82) is 0 Å². The number of rotatable bonds is 7. The van der Waals surface area contributed by atoms with Crippen LogP contribution in [0.3, 0.4) is 0 Å². The van der Waals surface area contributed by atoms with E-state index in [0.717, 1.165) is 17.7 Å². The van der Waals surface area contributed by atoms with E-state index in [1.165, 1.54) is 11.6 Å². The van der Waals surface area contributed by atoms with E-state index in [1.54, 1.807) is 12.1 Å². The molecular formula is C21H25ClO4. The molecule has 0 saturated carbocycles. The van der Waals surface area contributed by atoms with Gasteiger partial charge < -0.3 is 14.6 Å². The molecule has 26 heavy (non-hydrogen) atoms. The van der Waals surface area contributed by atoms with Gasteiger partial charge in [0.1, 0.15) is 30.3 Å². The number of carboxylic acid groups (broad SMARTS) is 1. The highest BCUT2D eigenvalue weighted by atomic mass is 35.5. The Balaban J connectivity index is 2.04. The number of halogens is 1. The maximum atomic E-state index is 11.3. The molecule has 0 bridgehead atoms. The summed E-state index contributed by atoms with van der Waals surface area (Å²) >= 11 is 5.84. The molecule has 0 unspecified atom stereocenters. The number of benzene rings is 2. The van der Waals surface area contributed by atoms with E-state index in [1.807, 2.05) is 6.07 Å². The number of hydrogen-bond acceptors (Lipinski definition) is 3. The zero-order chi connectivity index (χ0) is 19.3. The van der Waals surface area contributed by atoms with Crippen molar-refractivity contribution in [2.45, 2.75) is 39.5 Å². The lowest BCUT2D eigenvalue weighted by Crippen LogP contribution is -2.16. The first-order valence-corrected chi connectivity index (χ1v) is 9.02. The van der Waals surface area contributed by atoms with Gasteiger partial charge in [-0.05, 0) is 47.2 Å². The highest BCUT2D eigenvalue weighted by Crippen LogP contribution is 2.32. The topological polar surface area (TPSA) is 55.8 Å². The van der Waals surface area contributed by atoms with Crippen molar-refractivity contribution >= 4 is 17.6 Å². The zero-order valence-electron chi connectivity index (χ0n) is 15.6. The fourth-order valence-corrected chi connectivity index (χ4v) is 2.78. The third kappa shape index (κ3) is 5.15. The molecule has 140 valence electrons. The van der Waals surface area contributed by atoms with Crippen molar-refractivity contribution in [1.82, 2.24) is 0 Å². The average Bonchev–Trinajstić information content (AvgIpc) is 2.58. The van der Waals surface area contributed by atoms with Crippen LogP contribution in [0.15, 0.2) is 36.4 Å². The molecule has 0 aliphatic rings. The van der Waals surface area contributed by atoms with Crippen LogP contribution in [0.1, 0.15) is 49.2 Å². The van der Waals surface area contributed by atoms with Crippen molar-refractivity contribution in [3.05, 3.63) is 58.1 Å². The van der Waals surface area contributed by atoms with Gasteiger partial charge in [0.2, 0.25) is 0 Å². The van der Waals surface area contributed by atoms with Gasteiger partial charge >= 0.3 is 5.97 Å². The van der Waals surface area contributed by atoms with E-state index in [4.69, 9.17) is 21.1 Å². The second-order valence-corrected chi connectivity index (χ2v) is 7.51. The summed E-state index contributed by atoms with van der Waals surface area (Å²) in [6.07, 6.45) is 0.973. The van der Waals surface area contributed by atoms with Crippen LogP contribution in [0.5, 0.6) is 11.5 Å². The Hall–Kier alpha value is -2.20. The van der Waals surface area contributed by atoms with Crippen LogP contribution in [0.4, 0.5) is 0 Å². The first-order chi connectivity index (χ1) is 12.2. The standard InChI is InChI=1S/C21H25ClO4/c1-5-14-6-8-19(17(12-14)21(2,3)4)26-11-10-25-18-9-7-15(22)13-16(18)20(23)24/h6-9,12-13H,5,10-11H2,1-4H3,(H,23,24). The van der Waals surface area contributed by atoms with E-state index in [-0.39, 0.29) is 23.3 Å². The second-order valence-electron chi connectivity index (χ2n) is 7.08. The highest BCUT2D eigenvalue weighted by Gasteiger charge is 2.19. The van der Waals surface area contributed by atoms with Crippen LogP contribution in [-0.4, -0.2) is 24.3 Å². The van der Waals surface area contributed by atoms with Crippen molar-refractivity contribution in [2.75, 3.05) is 13.2 Å². The summed E-state index contributed by atoms with van der Waals surface area (Å²) in [6, 6.07) is 10.8. The molecule has 2 rings (SSSR count). The summed E-state index contributed by atoms with van der Waals surface area (Å²) in [6.45, 7) is 9.13. The maximum Gasteiger partial charge on any atom is 0.339 e. The van der Waals surface area contributed by atoms with Gasteiger partial charge in [-0.2, -0.15) is 0 Å². The predicted octanol–water partition coefficient (Wildman–Crippen LogP) is 5.36. The number of aromatic carboxylic acids is 1. The minimum Gasteiger partial charge on any atom is -0.490 e. The van der Waals surface area contributed by atoms with Crippen LogP contribution < -0.4 is 9.47 Å². The van der Waals surface area contributed by atoms with Crippen molar-refractivity contribution < 1.29 is 19.4 Å². The van der Waals surface area contributed by atoms with Crippen LogP contribution in [-0.2, 0) is 11.8 Å². The minimum atomic E-state index is -1.08. The molecule has 0 atom stereocenters. The zero-order valence-corrected chi connectivity index (χ0v) is 16.4. The largest absolute Gasteiger partial charge is 0.490 e. The van der Waals surface area contributed by atoms with Gasteiger partial charge in [-0.3, -0.25) is 0 Å². The smallest absolute Gasteiger partial charge is 0.339 e. The molecule has 0 aliphatic heterocycles. The van der Waals surface area contributed by atoms with E-state index >= 15 is 0 Å². The fourth-order valence-electron chi connectivity index (χ4n) is 2.61. The van der Waals surface area contributed by atoms with Crippen LogP contribution in [0.25, 0.3) is 0 Å². The quantitative estimate of drug-likeness (QED) is 0.661. The van der Waals surface area contributed by atoms with Crippen LogP contribution in [0, 0.1) is 0 Å². The molecule has 5 heteroatoms. The average molecular weight is 377 g/mol. The Kier molecular flexibility index (Phi) is 6.54. The van der Waals surface area contributed by atoms with Crippen molar-refractivity contribution in [3.63, 3.8) is 0 Å². The SMILES string of the molecule is CCc1ccc(OCCOc2ccc(Cl)cc2C(=O)O)c(C(C)(C)C)c1. The molecule has 2 aromatic carbocycles. The van der Waals surface area contributed by atoms with Gasteiger partial charge in [-0.1, -0.05) is 51.4 Å². The number of aryl methyl sites for hydroxylation is 1. The minimum absolute atomic E-state index is 0.0337. The Morgan fingerprint density at radius 2 is 1.65 bits per heavy atom. The molecule has 0 aliphatic carbocycles. The molecule has 0 heterocycles. The Morgan fingerprint density at radius 1 is 1.04 bits per heavy atom. The first kappa shape index (κ1) is 20.1. The Bertz CT molecular complexity index is 778. The lowest BCUT2D eigenvalue weighted by atomic mass is 9.85. The number of ether oxygens (including phenoxy) is 2. The van der Waals surface area contributed by atoms with Crippen molar-refractivity contribution in [2.24, 2.45) is 0 Å². The molecule has 0 amide bonds. The summed E-state index contributed by atoms with van der Waals surface area (Å²) in [5, 5.41) is 9.59. The van der Waals surface area contributed by atoms with E-state index in [9.17, 15) is 9.90 Å².